The summed E-state index contributed by atoms with van der Waals surface area (Å²) in [7, 11) is 0. The second kappa shape index (κ2) is 14.6. The summed E-state index contributed by atoms with van der Waals surface area (Å²) in [5.41, 5.74) is 1.57. The minimum Gasteiger partial charge on any atom is -0.490 e. The Morgan fingerprint density at radius 3 is 1.79 bits per heavy atom. The van der Waals surface area contributed by atoms with E-state index in [-0.39, 0.29) is 11.5 Å². The summed E-state index contributed by atoms with van der Waals surface area (Å²) < 4.78 is 22.7. The van der Waals surface area contributed by atoms with E-state index < -0.39 is 5.97 Å². The van der Waals surface area contributed by atoms with Gasteiger partial charge in [0.15, 0.2) is 28.1 Å². The van der Waals surface area contributed by atoms with Crippen molar-refractivity contribution in [2.75, 3.05) is 31.7 Å². The zero-order valence-electron chi connectivity index (χ0n) is 22.4. The van der Waals surface area contributed by atoms with E-state index in [2.05, 4.69) is 10.3 Å². The first-order valence-electron chi connectivity index (χ1n) is 12.6. The lowest BCUT2D eigenvalue weighted by atomic mass is 10.2. The third kappa shape index (κ3) is 8.08. The van der Waals surface area contributed by atoms with E-state index in [4.69, 9.17) is 24.1 Å². The van der Waals surface area contributed by atoms with Crippen LogP contribution in [-0.4, -0.2) is 48.4 Å². The number of carbonyl (C=O) groups excluding carboxylic acids is 1. The van der Waals surface area contributed by atoms with E-state index in [1.165, 1.54) is 23.5 Å². The van der Waals surface area contributed by atoms with Crippen molar-refractivity contribution in [3.63, 3.8) is 0 Å². The van der Waals surface area contributed by atoms with Gasteiger partial charge in [-0.15, -0.1) is 0 Å². The standard InChI is InChI=1S/C18H18N2O3S.C11H14O4/c1-3-22-14-10-9-12(11-15(14)23-4-2)17(21)20-18-19-13-7-5-6-8-16(13)24-18;1-3-14-9-6-5-8(11(12)13)7-10(9)15-4-2/h5-11H,3-4H2,1-2H3,(H,19,20,21);5-7H,3-4H2,1-2H3,(H,12,13). The van der Waals surface area contributed by atoms with Crippen molar-refractivity contribution < 1.29 is 33.6 Å². The number of fused-ring (bicyclic) bond motifs is 1. The SMILES string of the molecule is CCOc1ccc(C(=O)Nc2nc3ccccc3s2)cc1OCC.CCOc1ccc(C(=O)O)cc1OCC. The number of carboxylic acids is 1. The zero-order valence-corrected chi connectivity index (χ0v) is 23.2. The summed E-state index contributed by atoms with van der Waals surface area (Å²) in [6.45, 7) is 9.53. The van der Waals surface area contributed by atoms with Gasteiger partial charge in [0.2, 0.25) is 0 Å². The molecule has 3 aromatic carbocycles. The van der Waals surface area contributed by atoms with Crippen LogP contribution in [0.5, 0.6) is 23.0 Å². The van der Waals surface area contributed by atoms with E-state index in [9.17, 15) is 9.59 Å². The Bertz CT molecular complexity index is 1370. The molecule has 0 aliphatic carbocycles. The van der Waals surface area contributed by atoms with Gasteiger partial charge in [-0.2, -0.15) is 0 Å². The average Bonchev–Trinajstić information content (AvgIpc) is 3.34. The van der Waals surface area contributed by atoms with Crippen molar-refractivity contribution in [3.8, 4) is 23.0 Å². The van der Waals surface area contributed by atoms with Crippen LogP contribution in [0.1, 0.15) is 48.4 Å². The van der Waals surface area contributed by atoms with Gasteiger partial charge in [-0.1, -0.05) is 23.5 Å². The van der Waals surface area contributed by atoms with Crippen LogP contribution in [0.15, 0.2) is 60.7 Å². The highest BCUT2D eigenvalue weighted by molar-refractivity contribution is 7.22. The number of ether oxygens (including phenoxy) is 4. The molecule has 0 spiro atoms. The lowest BCUT2D eigenvalue weighted by Gasteiger charge is -2.12. The number of benzene rings is 3. The van der Waals surface area contributed by atoms with Crippen LogP contribution in [0.25, 0.3) is 10.2 Å². The molecule has 0 fully saturated rings. The number of aromatic nitrogens is 1. The van der Waals surface area contributed by atoms with E-state index >= 15 is 0 Å². The van der Waals surface area contributed by atoms with Gasteiger partial charge in [0.25, 0.3) is 5.91 Å². The molecule has 0 radical (unpaired) electrons. The molecule has 2 N–H and O–H groups in total. The number of nitrogens with zero attached hydrogens (tertiary/aromatic N) is 1. The Hall–Kier alpha value is -4.31. The monoisotopic (exact) mass is 552 g/mol. The smallest absolute Gasteiger partial charge is 0.335 e. The highest BCUT2D eigenvalue weighted by Crippen LogP contribution is 2.30. The molecule has 39 heavy (non-hydrogen) atoms. The number of hydrogen-bond acceptors (Lipinski definition) is 8. The maximum absolute atomic E-state index is 12.5. The Morgan fingerprint density at radius 1 is 0.744 bits per heavy atom. The molecule has 0 saturated carbocycles. The normalized spacial score (nSPS) is 10.3. The molecule has 9 nitrogen and oxygen atoms in total. The van der Waals surface area contributed by atoms with Gasteiger partial charge in [-0.3, -0.25) is 10.1 Å². The molecule has 4 aromatic rings. The Morgan fingerprint density at radius 2 is 1.26 bits per heavy atom. The molecule has 0 bridgehead atoms. The molecule has 0 saturated heterocycles. The minimum absolute atomic E-state index is 0.196. The van der Waals surface area contributed by atoms with Gasteiger partial charge in [-0.25, -0.2) is 9.78 Å². The van der Waals surface area contributed by atoms with Crippen molar-refractivity contribution >= 4 is 38.6 Å². The van der Waals surface area contributed by atoms with Crippen LogP contribution in [0.2, 0.25) is 0 Å². The third-order valence-electron chi connectivity index (χ3n) is 5.11. The molecular weight excluding hydrogens is 520 g/mol. The second-order valence-corrected chi connectivity index (χ2v) is 8.83. The molecule has 0 aliphatic heterocycles. The predicted molar refractivity (Wildman–Crippen MR) is 152 cm³/mol. The van der Waals surface area contributed by atoms with E-state index in [1.807, 2.05) is 52.0 Å². The Kier molecular flexibility index (Phi) is 10.9. The van der Waals surface area contributed by atoms with Crippen molar-refractivity contribution in [1.29, 1.82) is 0 Å². The van der Waals surface area contributed by atoms with Crippen LogP contribution in [0.4, 0.5) is 5.13 Å². The number of anilines is 1. The van der Waals surface area contributed by atoms with Crippen LogP contribution in [-0.2, 0) is 0 Å². The Labute approximate surface area is 231 Å². The largest absolute Gasteiger partial charge is 0.490 e. The molecular formula is C29H32N2O7S. The molecule has 206 valence electrons. The predicted octanol–water partition coefficient (Wildman–Crippen LogP) is 6.53. The Balaban J connectivity index is 0.000000242. The molecule has 1 aromatic heterocycles. The van der Waals surface area contributed by atoms with Crippen LogP contribution in [0.3, 0.4) is 0 Å². The van der Waals surface area contributed by atoms with Crippen LogP contribution >= 0.6 is 11.3 Å². The fourth-order valence-electron chi connectivity index (χ4n) is 3.47. The number of carbonyl (C=O) groups is 2. The summed E-state index contributed by atoms with van der Waals surface area (Å²) in [6.07, 6.45) is 0. The van der Waals surface area contributed by atoms with Gasteiger partial charge in [0.05, 0.1) is 42.2 Å². The maximum atomic E-state index is 12.5. The second-order valence-electron chi connectivity index (χ2n) is 7.80. The lowest BCUT2D eigenvalue weighted by Crippen LogP contribution is -2.12. The maximum Gasteiger partial charge on any atom is 0.335 e. The first kappa shape index (κ1) is 29.2. The van der Waals surface area contributed by atoms with Crippen molar-refractivity contribution in [2.24, 2.45) is 0 Å². The van der Waals surface area contributed by atoms with Crippen molar-refractivity contribution in [3.05, 3.63) is 71.8 Å². The number of para-hydroxylation sites is 1. The number of rotatable bonds is 11. The van der Waals surface area contributed by atoms with Gasteiger partial charge < -0.3 is 24.1 Å². The summed E-state index contributed by atoms with van der Waals surface area (Å²) in [6, 6.07) is 17.5. The topological polar surface area (TPSA) is 116 Å². The third-order valence-corrected chi connectivity index (χ3v) is 6.06. The molecule has 0 unspecified atom stereocenters. The number of thiazole rings is 1. The van der Waals surface area contributed by atoms with E-state index in [1.54, 1.807) is 24.3 Å². The molecule has 0 atom stereocenters. The number of hydrogen-bond donors (Lipinski definition) is 2. The lowest BCUT2D eigenvalue weighted by molar-refractivity contribution is 0.0696. The molecule has 0 aliphatic rings. The van der Waals surface area contributed by atoms with Crippen molar-refractivity contribution in [2.45, 2.75) is 27.7 Å². The zero-order chi connectivity index (χ0) is 28.2. The number of carboxylic acid groups (broad SMARTS) is 1. The molecule has 4 rings (SSSR count). The van der Waals surface area contributed by atoms with Crippen molar-refractivity contribution in [1.82, 2.24) is 4.98 Å². The number of nitrogens with one attached hydrogen (secondary N) is 1. The highest BCUT2D eigenvalue weighted by Gasteiger charge is 2.14. The molecule has 10 heteroatoms. The number of amides is 1. The quantitative estimate of drug-likeness (QED) is 0.216. The van der Waals surface area contributed by atoms with Gasteiger partial charge in [0, 0.05) is 5.56 Å². The summed E-state index contributed by atoms with van der Waals surface area (Å²) in [5.74, 6) is 1.05. The fraction of sp³-hybridized carbons (Fsp3) is 0.276. The first-order valence-corrected chi connectivity index (χ1v) is 13.4. The highest BCUT2D eigenvalue weighted by atomic mass is 32.1. The average molecular weight is 553 g/mol. The molecule has 1 heterocycles. The summed E-state index contributed by atoms with van der Waals surface area (Å²) in [4.78, 5) is 27.6. The van der Waals surface area contributed by atoms with Gasteiger partial charge in [-0.05, 0) is 76.2 Å². The van der Waals surface area contributed by atoms with E-state index in [0.717, 1.165) is 10.2 Å². The van der Waals surface area contributed by atoms with Crippen LogP contribution in [0, 0.1) is 0 Å². The van der Waals surface area contributed by atoms with Gasteiger partial charge >= 0.3 is 5.97 Å². The van der Waals surface area contributed by atoms with Crippen LogP contribution < -0.4 is 24.3 Å². The number of aromatic carboxylic acids is 1. The fourth-order valence-corrected chi connectivity index (χ4v) is 4.33. The van der Waals surface area contributed by atoms with E-state index in [0.29, 0.717) is 60.1 Å². The summed E-state index contributed by atoms with van der Waals surface area (Å²) >= 11 is 1.45. The first-order chi connectivity index (χ1) is 18.9. The summed E-state index contributed by atoms with van der Waals surface area (Å²) in [5, 5.41) is 12.2. The molecule has 1 amide bonds. The van der Waals surface area contributed by atoms with Gasteiger partial charge in [0.1, 0.15) is 0 Å². The minimum atomic E-state index is -0.973.